The molecule has 1 amide bonds. The monoisotopic (exact) mass is 181 g/mol. The lowest BCUT2D eigenvalue weighted by atomic mass is 10.3. The average molecular weight is 181 g/mol. The SMILES string of the molecule is CC(=O)NCCCc1nccn1C. The highest BCUT2D eigenvalue weighted by atomic mass is 16.1. The Morgan fingerprint density at radius 2 is 2.46 bits per heavy atom. The number of nitrogens with one attached hydrogen (secondary N) is 1. The lowest BCUT2D eigenvalue weighted by molar-refractivity contribution is -0.118. The number of aromatic nitrogens is 2. The highest BCUT2D eigenvalue weighted by molar-refractivity contribution is 5.72. The lowest BCUT2D eigenvalue weighted by Gasteiger charge is -2.02. The van der Waals surface area contributed by atoms with Crippen LogP contribution in [0.2, 0.25) is 0 Å². The molecule has 0 aliphatic heterocycles. The predicted molar refractivity (Wildman–Crippen MR) is 50.2 cm³/mol. The topological polar surface area (TPSA) is 46.9 Å². The van der Waals surface area contributed by atoms with Crippen molar-refractivity contribution in [2.24, 2.45) is 7.05 Å². The molecule has 0 spiro atoms. The molecule has 0 atom stereocenters. The minimum Gasteiger partial charge on any atom is -0.356 e. The summed E-state index contributed by atoms with van der Waals surface area (Å²) in [5, 5.41) is 2.75. The van der Waals surface area contributed by atoms with Crippen molar-refractivity contribution in [2.45, 2.75) is 19.8 Å². The standard InChI is InChI=1S/C9H15N3O/c1-8(13)10-5-3-4-9-11-6-7-12(9)2/h6-7H,3-5H2,1-2H3,(H,10,13). The van der Waals surface area contributed by atoms with E-state index in [-0.39, 0.29) is 5.91 Å². The average Bonchev–Trinajstić information content (AvgIpc) is 2.45. The van der Waals surface area contributed by atoms with Crippen molar-refractivity contribution in [2.75, 3.05) is 6.54 Å². The molecule has 4 heteroatoms. The number of hydrogen-bond acceptors (Lipinski definition) is 2. The van der Waals surface area contributed by atoms with Gasteiger partial charge < -0.3 is 9.88 Å². The number of imidazole rings is 1. The number of carbonyl (C=O) groups is 1. The van der Waals surface area contributed by atoms with E-state index in [1.54, 1.807) is 6.20 Å². The van der Waals surface area contributed by atoms with Crippen LogP contribution >= 0.6 is 0 Å². The molecule has 0 aliphatic carbocycles. The van der Waals surface area contributed by atoms with Gasteiger partial charge in [0.15, 0.2) is 0 Å². The highest BCUT2D eigenvalue weighted by Gasteiger charge is 1.98. The second-order valence-electron chi connectivity index (χ2n) is 3.04. The molecule has 0 saturated heterocycles. The van der Waals surface area contributed by atoms with Gasteiger partial charge in [-0.15, -0.1) is 0 Å². The fourth-order valence-electron chi connectivity index (χ4n) is 1.15. The Labute approximate surface area is 78.0 Å². The Kier molecular flexibility index (Phi) is 3.49. The van der Waals surface area contributed by atoms with Crippen molar-refractivity contribution >= 4 is 5.91 Å². The normalized spacial score (nSPS) is 10.0. The minimum absolute atomic E-state index is 0.0276. The van der Waals surface area contributed by atoms with Crippen LogP contribution in [0, 0.1) is 0 Å². The number of carbonyl (C=O) groups excluding carboxylic acids is 1. The van der Waals surface area contributed by atoms with Crippen LogP contribution in [0.3, 0.4) is 0 Å². The summed E-state index contributed by atoms with van der Waals surface area (Å²) in [6.45, 7) is 2.25. The third-order valence-corrected chi connectivity index (χ3v) is 1.87. The van der Waals surface area contributed by atoms with Crippen LogP contribution in [0.1, 0.15) is 19.2 Å². The molecular weight excluding hydrogens is 166 g/mol. The zero-order chi connectivity index (χ0) is 9.68. The molecule has 1 heterocycles. The highest BCUT2D eigenvalue weighted by Crippen LogP contribution is 1.97. The fourth-order valence-corrected chi connectivity index (χ4v) is 1.15. The van der Waals surface area contributed by atoms with E-state index >= 15 is 0 Å². The lowest BCUT2D eigenvalue weighted by Crippen LogP contribution is -2.21. The summed E-state index contributed by atoms with van der Waals surface area (Å²) < 4.78 is 1.99. The quantitative estimate of drug-likeness (QED) is 0.687. The number of amides is 1. The third kappa shape index (κ3) is 3.27. The molecule has 0 radical (unpaired) electrons. The van der Waals surface area contributed by atoms with Gasteiger partial charge in [-0.2, -0.15) is 0 Å². The van der Waals surface area contributed by atoms with Crippen molar-refractivity contribution in [3.63, 3.8) is 0 Å². The summed E-state index contributed by atoms with van der Waals surface area (Å²) in [5.74, 6) is 1.09. The van der Waals surface area contributed by atoms with Gasteiger partial charge in [-0.1, -0.05) is 0 Å². The van der Waals surface area contributed by atoms with E-state index in [1.165, 1.54) is 6.92 Å². The van der Waals surface area contributed by atoms with Gasteiger partial charge in [0.1, 0.15) is 5.82 Å². The van der Waals surface area contributed by atoms with Crippen LogP contribution in [-0.2, 0) is 18.3 Å². The van der Waals surface area contributed by atoms with E-state index in [9.17, 15) is 4.79 Å². The van der Waals surface area contributed by atoms with Gasteiger partial charge in [0.05, 0.1) is 0 Å². The van der Waals surface area contributed by atoms with Crippen LogP contribution < -0.4 is 5.32 Å². The molecule has 0 bridgehead atoms. The Balaban J connectivity index is 2.20. The zero-order valence-corrected chi connectivity index (χ0v) is 8.08. The van der Waals surface area contributed by atoms with E-state index in [4.69, 9.17) is 0 Å². The molecule has 1 aromatic heterocycles. The van der Waals surface area contributed by atoms with Crippen molar-refractivity contribution in [1.29, 1.82) is 0 Å². The second kappa shape index (κ2) is 4.64. The van der Waals surface area contributed by atoms with E-state index in [2.05, 4.69) is 10.3 Å². The molecule has 1 N–H and O–H groups in total. The Morgan fingerprint density at radius 3 is 3.00 bits per heavy atom. The van der Waals surface area contributed by atoms with E-state index in [0.29, 0.717) is 0 Å². The summed E-state index contributed by atoms with van der Waals surface area (Å²) in [5.41, 5.74) is 0. The van der Waals surface area contributed by atoms with Crippen LogP contribution in [0.5, 0.6) is 0 Å². The number of rotatable bonds is 4. The predicted octanol–water partition coefficient (Wildman–Crippen LogP) is 0.489. The molecular formula is C9H15N3O. The molecule has 0 unspecified atom stereocenters. The summed E-state index contributed by atoms with van der Waals surface area (Å²) in [4.78, 5) is 14.7. The van der Waals surface area contributed by atoms with Crippen LogP contribution in [0.4, 0.5) is 0 Å². The van der Waals surface area contributed by atoms with Gasteiger partial charge >= 0.3 is 0 Å². The Morgan fingerprint density at radius 1 is 1.69 bits per heavy atom. The van der Waals surface area contributed by atoms with Crippen molar-refractivity contribution in [3.8, 4) is 0 Å². The van der Waals surface area contributed by atoms with Gasteiger partial charge in [0.2, 0.25) is 5.91 Å². The molecule has 13 heavy (non-hydrogen) atoms. The fraction of sp³-hybridized carbons (Fsp3) is 0.556. The molecule has 4 nitrogen and oxygen atoms in total. The van der Waals surface area contributed by atoms with Crippen LogP contribution in [-0.4, -0.2) is 22.0 Å². The van der Waals surface area contributed by atoms with E-state index in [0.717, 1.165) is 25.2 Å². The van der Waals surface area contributed by atoms with Crippen LogP contribution in [0.25, 0.3) is 0 Å². The maximum atomic E-state index is 10.5. The largest absolute Gasteiger partial charge is 0.356 e. The first-order chi connectivity index (χ1) is 6.20. The number of hydrogen-bond donors (Lipinski definition) is 1. The maximum Gasteiger partial charge on any atom is 0.216 e. The zero-order valence-electron chi connectivity index (χ0n) is 8.08. The van der Waals surface area contributed by atoms with Crippen molar-refractivity contribution in [3.05, 3.63) is 18.2 Å². The molecule has 0 saturated carbocycles. The van der Waals surface area contributed by atoms with Gasteiger partial charge in [-0.05, 0) is 6.42 Å². The number of nitrogens with zero attached hydrogens (tertiary/aromatic N) is 2. The third-order valence-electron chi connectivity index (χ3n) is 1.87. The molecule has 0 aliphatic rings. The first-order valence-corrected chi connectivity index (χ1v) is 4.41. The summed E-state index contributed by atoms with van der Waals surface area (Å²) in [6, 6.07) is 0. The molecule has 72 valence electrons. The molecule has 1 aromatic rings. The molecule has 0 fully saturated rings. The molecule has 1 rings (SSSR count). The van der Waals surface area contributed by atoms with Crippen molar-refractivity contribution in [1.82, 2.24) is 14.9 Å². The van der Waals surface area contributed by atoms with Crippen molar-refractivity contribution < 1.29 is 4.79 Å². The maximum absolute atomic E-state index is 10.5. The second-order valence-corrected chi connectivity index (χ2v) is 3.04. The van der Waals surface area contributed by atoms with Gasteiger partial charge in [-0.3, -0.25) is 4.79 Å². The van der Waals surface area contributed by atoms with Gasteiger partial charge in [0, 0.05) is 39.3 Å². The van der Waals surface area contributed by atoms with Gasteiger partial charge in [-0.25, -0.2) is 4.98 Å². The Bertz CT molecular complexity index is 280. The van der Waals surface area contributed by atoms with E-state index < -0.39 is 0 Å². The Hall–Kier alpha value is -1.32. The molecule has 0 aromatic carbocycles. The minimum atomic E-state index is 0.0276. The van der Waals surface area contributed by atoms with E-state index in [1.807, 2.05) is 17.8 Å². The van der Waals surface area contributed by atoms with Gasteiger partial charge in [0.25, 0.3) is 0 Å². The summed E-state index contributed by atoms with van der Waals surface area (Å²) in [6.07, 6.45) is 5.55. The summed E-state index contributed by atoms with van der Waals surface area (Å²) in [7, 11) is 1.97. The van der Waals surface area contributed by atoms with Crippen LogP contribution in [0.15, 0.2) is 12.4 Å². The smallest absolute Gasteiger partial charge is 0.216 e. The number of aryl methyl sites for hydroxylation is 2. The summed E-state index contributed by atoms with van der Waals surface area (Å²) >= 11 is 0. The first-order valence-electron chi connectivity index (χ1n) is 4.41. The first kappa shape index (κ1) is 9.77.